The minimum Gasteiger partial charge on any atom is -0.510 e. The number of aliphatic hydroxyl groups excluding tert-OH is 2. The first kappa shape index (κ1) is 30.3. The summed E-state index contributed by atoms with van der Waals surface area (Å²) in [6, 6.07) is 10.2. The van der Waals surface area contributed by atoms with E-state index in [4.69, 9.17) is 10.5 Å². The molecule has 5 rings (SSSR count). The molecule has 4 atom stereocenters. The number of rotatable bonds is 7. The van der Waals surface area contributed by atoms with E-state index in [2.05, 4.69) is 5.32 Å². The zero-order valence-electron chi connectivity index (χ0n) is 24.8. The summed E-state index contributed by atoms with van der Waals surface area (Å²) in [6.45, 7) is 4.35. The lowest BCUT2D eigenvalue weighted by Crippen LogP contribution is -2.63. The summed E-state index contributed by atoms with van der Waals surface area (Å²) in [4.78, 5) is 41.1. The van der Waals surface area contributed by atoms with Crippen LogP contribution in [0, 0.1) is 11.8 Å². The number of nitrogens with two attached hydrogens (primary N) is 1. The first-order valence-electron chi connectivity index (χ1n) is 14.0. The van der Waals surface area contributed by atoms with Gasteiger partial charge in [0.05, 0.1) is 18.7 Å². The van der Waals surface area contributed by atoms with Crippen LogP contribution < -0.4 is 15.8 Å². The van der Waals surface area contributed by atoms with Gasteiger partial charge in [0, 0.05) is 34.7 Å². The quantitative estimate of drug-likeness (QED) is 0.261. The fraction of sp³-hybridized carbons (Fsp3) is 0.406. The molecule has 3 aliphatic rings. The van der Waals surface area contributed by atoms with Crippen LogP contribution in [0.1, 0.15) is 47.3 Å². The Bertz CT molecular complexity index is 1590. The van der Waals surface area contributed by atoms with Crippen molar-refractivity contribution in [1.29, 1.82) is 0 Å². The van der Waals surface area contributed by atoms with E-state index in [9.17, 15) is 34.8 Å². The van der Waals surface area contributed by atoms with Gasteiger partial charge in [-0.05, 0) is 58.3 Å². The minimum atomic E-state index is -2.68. The SMILES string of the molecule is COc1c(CNC(C)(C)c2ccccc2)cc(O)c2c1C[C@H]1C[C@H]3[C@H](N(C)C)C(O)=C(C(N)=O)C(=O)[C@@]3(O)C(O)=C1C2=O. The molecule has 228 valence electrons. The number of carbonyl (C=O) groups is 3. The molecule has 0 aromatic heterocycles. The summed E-state index contributed by atoms with van der Waals surface area (Å²) < 4.78 is 5.79. The van der Waals surface area contributed by atoms with Crippen molar-refractivity contribution in [2.45, 2.75) is 50.4 Å². The normalized spacial score (nSPS) is 25.4. The number of nitrogens with one attached hydrogen (secondary N) is 1. The van der Waals surface area contributed by atoms with Crippen molar-refractivity contribution in [1.82, 2.24) is 10.2 Å². The number of amides is 1. The lowest BCUT2D eigenvalue weighted by Gasteiger charge is -2.50. The molecule has 0 radical (unpaired) electrons. The Balaban J connectivity index is 1.59. The molecule has 1 amide bonds. The molecule has 3 aliphatic carbocycles. The Morgan fingerprint density at radius 2 is 1.81 bits per heavy atom. The van der Waals surface area contributed by atoms with Gasteiger partial charge in [-0.1, -0.05) is 30.3 Å². The Kier molecular flexibility index (Phi) is 7.40. The molecular weight excluding hydrogens is 554 g/mol. The van der Waals surface area contributed by atoms with Gasteiger partial charge in [-0.3, -0.25) is 19.3 Å². The van der Waals surface area contributed by atoms with Crippen molar-refractivity contribution in [3.05, 3.63) is 81.3 Å². The lowest BCUT2D eigenvalue weighted by molar-refractivity contribution is -0.148. The topological polar surface area (TPSA) is 183 Å². The average Bonchev–Trinajstić information content (AvgIpc) is 2.94. The largest absolute Gasteiger partial charge is 0.510 e. The third-order valence-corrected chi connectivity index (χ3v) is 9.17. The highest BCUT2D eigenvalue weighted by Gasteiger charge is 2.63. The van der Waals surface area contributed by atoms with E-state index in [1.54, 1.807) is 14.1 Å². The second kappa shape index (κ2) is 10.5. The number of Topliss-reactive ketones (excluding diaryl/α,β-unsaturated/α-hetero) is 2. The number of aromatic hydroxyl groups is 1. The Labute approximate surface area is 249 Å². The van der Waals surface area contributed by atoms with Crippen molar-refractivity contribution in [2.24, 2.45) is 17.6 Å². The van der Waals surface area contributed by atoms with E-state index in [-0.39, 0.29) is 29.7 Å². The number of fused-ring (bicyclic) bond motifs is 3. The third-order valence-electron chi connectivity index (χ3n) is 9.17. The monoisotopic (exact) mass is 591 g/mol. The van der Waals surface area contributed by atoms with Crippen LogP contribution in [-0.2, 0) is 28.1 Å². The van der Waals surface area contributed by atoms with Crippen LogP contribution in [0.5, 0.6) is 11.5 Å². The Morgan fingerprint density at radius 3 is 2.40 bits per heavy atom. The number of primary amides is 1. The summed E-state index contributed by atoms with van der Waals surface area (Å²) in [5.41, 5.74) is 3.23. The van der Waals surface area contributed by atoms with E-state index >= 15 is 0 Å². The smallest absolute Gasteiger partial charge is 0.255 e. The van der Waals surface area contributed by atoms with E-state index in [0.717, 1.165) is 5.56 Å². The zero-order valence-corrected chi connectivity index (χ0v) is 24.8. The predicted molar refractivity (Wildman–Crippen MR) is 157 cm³/mol. The van der Waals surface area contributed by atoms with Crippen molar-refractivity contribution in [3.8, 4) is 11.5 Å². The fourth-order valence-corrected chi connectivity index (χ4v) is 7.02. The Morgan fingerprint density at radius 1 is 1.16 bits per heavy atom. The number of ketones is 2. The Hall–Kier alpha value is -4.19. The first-order valence-corrected chi connectivity index (χ1v) is 14.0. The number of aliphatic hydroxyl groups is 3. The van der Waals surface area contributed by atoms with E-state index in [0.29, 0.717) is 23.4 Å². The van der Waals surface area contributed by atoms with Gasteiger partial charge in [0.25, 0.3) is 5.91 Å². The van der Waals surface area contributed by atoms with Crippen molar-refractivity contribution < 1.29 is 39.5 Å². The maximum absolute atomic E-state index is 13.9. The van der Waals surface area contributed by atoms with Crippen LogP contribution in [0.25, 0.3) is 0 Å². The van der Waals surface area contributed by atoms with Crippen LogP contribution in [-0.4, -0.2) is 75.6 Å². The molecule has 0 bridgehead atoms. The number of ether oxygens (including phenoxy) is 1. The highest BCUT2D eigenvalue weighted by Crippen LogP contribution is 2.53. The highest BCUT2D eigenvalue weighted by atomic mass is 16.5. The van der Waals surface area contributed by atoms with Crippen LogP contribution >= 0.6 is 0 Å². The van der Waals surface area contributed by atoms with E-state index < -0.39 is 63.6 Å². The number of hydrogen-bond donors (Lipinski definition) is 6. The number of phenols is 1. The third kappa shape index (κ3) is 4.50. The predicted octanol–water partition coefficient (Wildman–Crippen LogP) is 2.15. The number of likely N-dealkylation sites (N-methyl/N-ethyl adjacent to an activating group) is 1. The molecule has 0 aliphatic heterocycles. The van der Waals surface area contributed by atoms with Gasteiger partial charge in [0.15, 0.2) is 11.4 Å². The molecule has 0 saturated heterocycles. The van der Waals surface area contributed by atoms with Crippen LogP contribution in [0.3, 0.4) is 0 Å². The number of methoxy groups -OCH3 is 1. The number of benzene rings is 2. The molecule has 2 aromatic rings. The van der Waals surface area contributed by atoms with Crippen molar-refractivity contribution >= 4 is 17.5 Å². The molecule has 7 N–H and O–H groups in total. The van der Waals surface area contributed by atoms with Gasteiger partial charge in [-0.25, -0.2) is 0 Å². The second-order valence-corrected chi connectivity index (χ2v) is 12.2. The molecule has 2 aromatic carbocycles. The van der Waals surface area contributed by atoms with Crippen LogP contribution in [0.2, 0.25) is 0 Å². The molecular formula is C32H37N3O8. The second-order valence-electron chi connectivity index (χ2n) is 12.2. The standard InChI is InChI=1S/C32H37N3O8/c1-31(2,17-9-7-6-8-10-17)34-14-16-13-20(36)22-18(27(16)43-5)11-15-12-19-24(35(3)4)26(38)23(30(33)41)29(40)32(19,42)28(39)21(15)25(22)37/h6-10,13,15,19,24,34,36,38-39,42H,11-12,14H2,1-5H3,(H2,33,41)/t15-,19-,24-,32-/m0/s1. The molecule has 11 nitrogen and oxygen atoms in total. The van der Waals surface area contributed by atoms with Crippen LogP contribution in [0.4, 0.5) is 0 Å². The molecule has 0 heterocycles. The maximum atomic E-state index is 13.9. The number of allylic oxidation sites excluding steroid dienone is 1. The molecule has 0 saturated carbocycles. The summed E-state index contributed by atoms with van der Waals surface area (Å²) in [7, 11) is 4.65. The summed E-state index contributed by atoms with van der Waals surface area (Å²) in [5, 5.41) is 48.7. The zero-order chi connectivity index (χ0) is 31.6. The van der Waals surface area contributed by atoms with Gasteiger partial charge in [0.1, 0.15) is 28.6 Å². The molecule has 0 unspecified atom stereocenters. The number of hydrogen-bond acceptors (Lipinski definition) is 10. The first-order chi connectivity index (χ1) is 20.2. The van der Waals surface area contributed by atoms with Gasteiger partial charge in [0.2, 0.25) is 5.78 Å². The number of phenolic OH excluding ortho intramolecular Hbond substituents is 1. The van der Waals surface area contributed by atoms with E-state index in [1.807, 2.05) is 44.2 Å². The number of nitrogens with zero attached hydrogens (tertiary/aromatic N) is 1. The lowest BCUT2D eigenvalue weighted by atomic mass is 9.58. The maximum Gasteiger partial charge on any atom is 0.255 e. The molecule has 0 fully saturated rings. The summed E-state index contributed by atoms with van der Waals surface area (Å²) in [6.07, 6.45) is 0.139. The van der Waals surface area contributed by atoms with Gasteiger partial charge in [-0.15, -0.1) is 0 Å². The molecule has 11 heteroatoms. The summed E-state index contributed by atoms with van der Waals surface area (Å²) in [5.74, 6) is -6.53. The minimum absolute atomic E-state index is 0.000800. The molecule has 0 spiro atoms. The van der Waals surface area contributed by atoms with E-state index in [1.165, 1.54) is 18.1 Å². The molecule has 43 heavy (non-hydrogen) atoms. The average molecular weight is 592 g/mol. The summed E-state index contributed by atoms with van der Waals surface area (Å²) >= 11 is 0. The number of carbonyl (C=O) groups excluding carboxylic acids is 3. The highest BCUT2D eigenvalue weighted by molar-refractivity contribution is 6.24. The van der Waals surface area contributed by atoms with Gasteiger partial charge >= 0.3 is 0 Å². The van der Waals surface area contributed by atoms with Crippen molar-refractivity contribution in [3.63, 3.8) is 0 Å². The van der Waals surface area contributed by atoms with Crippen LogP contribution in [0.15, 0.2) is 59.1 Å². The van der Waals surface area contributed by atoms with Gasteiger partial charge < -0.3 is 36.2 Å². The van der Waals surface area contributed by atoms with Gasteiger partial charge in [-0.2, -0.15) is 0 Å². The van der Waals surface area contributed by atoms with Crippen molar-refractivity contribution in [2.75, 3.05) is 21.2 Å². The fourth-order valence-electron chi connectivity index (χ4n) is 7.02.